The van der Waals surface area contributed by atoms with Crippen LogP contribution in [0.5, 0.6) is 5.75 Å². The molecular formula is C26H27F3N4O2. The van der Waals surface area contributed by atoms with E-state index in [1.807, 2.05) is 41.4 Å². The van der Waals surface area contributed by atoms with Crippen molar-refractivity contribution in [2.45, 2.75) is 31.2 Å². The first-order valence-electron chi connectivity index (χ1n) is 11.7. The minimum atomic E-state index is -1.46. The molecule has 1 saturated heterocycles. The van der Waals surface area contributed by atoms with Crippen LogP contribution in [-0.2, 0) is 4.84 Å². The SMILES string of the molecule is COc1cc(/C=C2\CCCN3C2=NOCCC3c2cc(F)c(F)c(F)c2)ccc1C1C=NN(C)C1. The predicted molar refractivity (Wildman–Crippen MR) is 128 cm³/mol. The van der Waals surface area contributed by atoms with E-state index in [4.69, 9.17) is 9.57 Å². The van der Waals surface area contributed by atoms with Crippen molar-refractivity contribution in [3.8, 4) is 5.75 Å². The number of hydrazone groups is 1. The van der Waals surface area contributed by atoms with Gasteiger partial charge in [0, 0.05) is 44.3 Å². The zero-order valence-corrected chi connectivity index (χ0v) is 19.7. The number of hydrogen-bond acceptors (Lipinski definition) is 6. The van der Waals surface area contributed by atoms with Crippen molar-refractivity contribution in [3.63, 3.8) is 0 Å². The van der Waals surface area contributed by atoms with Crippen LogP contribution in [0.15, 0.2) is 46.2 Å². The fraction of sp³-hybridized carbons (Fsp3) is 0.385. The number of oxime groups is 1. The fourth-order valence-corrected chi connectivity index (χ4v) is 5.01. The standard InChI is InChI=1S/C26H27F3N4O2/c1-32-15-19(14-30-32)20-6-5-16(11-24(20)34-2)10-17-4-3-8-33-23(7-9-35-31-26(17)33)18-12-21(27)25(29)22(28)13-18/h5-6,10-14,19,23H,3-4,7-9,15H2,1-2H3/b17-10+. The summed E-state index contributed by atoms with van der Waals surface area (Å²) in [5.41, 5.74) is 3.36. The van der Waals surface area contributed by atoms with Gasteiger partial charge in [-0.25, -0.2) is 13.2 Å². The molecule has 2 aromatic carbocycles. The van der Waals surface area contributed by atoms with Crippen molar-refractivity contribution in [1.82, 2.24) is 9.91 Å². The van der Waals surface area contributed by atoms with Gasteiger partial charge in [0.05, 0.1) is 13.2 Å². The molecule has 3 aliphatic heterocycles. The Morgan fingerprint density at radius 1 is 1.14 bits per heavy atom. The third-order valence-corrected chi connectivity index (χ3v) is 6.71. The summed E-state index contributed by atoms with van der Waals surface area (Å²) >= 11 is 0. The Kier molecular flexibility index (Phi) is 6.40. The van der Waals surface area contributed by atoms with Gasteiger partial charge in [0.15, 0.2) is 23.3 Å². The molecule has 0 amide bonds. The van der Waals surface area contributed by atoms with Crippen molar-refractivity contribution in [1.29, 1.82) is 0 Å². The van der Waals surface area contributed by atoms with Crippen LogP contribution in [0.25, 0.3) is 6.08 Å². The average molecular weight is 485 g/mol. The molecule has 1 fully saturated rings. The molecule has 35 heavy (non-hydrogen) atoms. The van der Waals surface area contributed by atoms with Crippen molar-refractivity contribution in [3.05, 3.63) is 70.0 Å². The summed E-state index contributed by atoms with van der Waals surface area (Å²) in [4.78, 5) is 7.51. The molecule has 0 aromatic heterocycles. The number of benzene rings is 2. The molecule has 3 aliphatic rings. The predicted octanol–water partition coefficient (Wildman–Crippen LogP) is 5.08. The van der Waals surface area contributed by atoms with Gasteiger partial charge in [-0.1, -0.05) is 17.3 Å². The quantitative estimate of drug-likeness (QED) is 0.568. The molecule has 3 heterocycles. The van der Waals surface area contributed by atoms with Crippen LogP contribution < -0.4 is 4.74 Å². The van der Waals surface area contributed by atoms with E-state index in [1.54, 1.807) is 7.11 Å². The van der Waals surface area contributed by atoms with E-state index in [0.29, 0.717) is 31.0 Å². The number of halogens is 3. The van der Waals surface area contributed by atoms with Gasteiger partial charge in [0.25, 0.3) is 0 Å². The van der Waals surface area contributed by atoms with E-state index < -0.39 is 17.5 Å². The number of amidine groups is 1. The molecule has 0 spiro atoms. The van der Waals surface area contributed by atoms with Gasteiger partial charge in [-0.05, 0) is 53.8 Å². The second-order valence-electron chi connectivity index (χ2n) is 9.03. The first-order valence-corrected chi connectivity index (χ1v) is 11.7. The third kappa shape index (κ3) is 4.59. The average Bonchev–Trinajstić information content (AvgIpc) is 3.16. The highest BCUT2D eigenvalue weighted by atomic mass is 19.2. The van der Waals surface area contributed by atoms with E-state index in [9.17, 15) is 13.2 Å². The first kappa shape index (κ1) is 23.3. The van der Waals surface area contributed by atoms with Crippen LogP contribution in [0.1, 0.15) is 47.9 Å². The van der Waals surface area contributed by atoms with E-state index in [-0.39, 0.29) is 12.0 Å². The molecule has 0 bridgehead atoms. The lowest BCUT2D eigenvalue weighted by atomic mass is 9.94. The van der Waals surface area contributed by atoms with Crippen molar-refractivity contribution in [2.75, 3.05) is 33.9 Å². The summed E-state index contributed by atoms with van der Waals surface area (Å²) < 4.78 is 47.2. The van der Waals surface area contributed by atoms with Gasteiger partial charge >= 0.3 is 0 Å². The molecule has 0 radical (unpaired) electrons. The number of fused-ring (bicyclic) bond motifs is 1. The lowest BCUT2D eigenvalue weighted by Gasteiger charge is -2.36. The molecule has 0 N–H and O–H groups in total. The summed E-state index contributed by atoms with van der Waals surface area (Å²) in [5, 5.41) is 10.6. The van der Waals surface area contributed by atoms with E-state index >= 15 is 0 Å². The molecule has 5 rings (SSSR count). The van der Waals surface area contributed by atoms with Gasteiger partial charge in [-0.3, -0.25) is 5.01 Å². The smallest absolute Gasteiger partial charge is 0.194 e. The van der Waals surface area contributed by atoms with Crippen molar-refractivity contribution in [2.24, 2.45) is 10.3 Å². The van der Waals surface area contributed by atoms with Crippen LogP contribution in [0.2, 0.25) is 0 Å². The van der Waals surface area contributed by atoms with Crippen LogP contribution in [-0.4, -0.2) is 55.8 Å². The lowest BCUT2D eigenvalue weighted by Crippen LogP contribution is -2.39. The molecule has 6 nitrogen and oxygen atoms in total. The molecule has 2 atom stereocenters. The number of ether oxygens (including phenoxy) is 1. The normalized spacial score (nSPS) is 23.1. The largest absolute Gasteiger partial charge is 0.496 e. The zero-order chi connectivity index (χ0) is 24.5. The summed E-state index contributed by atoms with van der Waals surface area (Å²) in [7, 11) is 3.59. The topological polar surface area (TPSA) is 49.7 Å². The van der Waals surface area contributed by atoms with Gasteiger partial charge < -0.3 is 14.5 Å². The first-order chi connectivity index (χ1) is 16.9. The molecule has 0 saturated carbocycles. The highest BCUT2D eigenvalue weighted by molar-refractivity contribution is 6.02. The molecule has 0 aliphatic carbocycles. The number of rotatable bonds is 4. The van der Waals surface area contributed by atoms with E-state index in [1.165, 1.54) is 0 Å². The molecule has 2 unspecified atom stereocenters. The van der Waals surface area contributed by atoms with Gasteiger partial charge in [-0.15, -0.1) is 0 Å². The van der Waals surface area contributed by atoms with Crippen LogP contribution >= 0.6 is 0 Å². The van der Waals surface area contributed by atoms with E-state index in [2.05, 4.69) is 16.3 Å². The Balaban J connectivity index is 1.46. The fourth-order valence-electron chi connectivity index (χ4n) is 5.01. The number of methoxy groups -OCH3 is 1. The zero-order valence-electron chi connectivity index (χ0n) is 19.7. The maximum absolute atomic E-state index is 14.0. The lowest BCUT2D eigenvalue weighted by molar-refractivity contribution is 0.140. The summed E-state index contributed by atoms with van der Waals surface area (Å²) in [6.07, 6.45) is 6.07. The monoisotopic (exact) mass is 484 g/mol. The van der Waals surface area contributed by atoms with Gasteiger partial charge in [0.2, 0.25) is 0 Å². The Labute approximate surface area is 202 Å². The van der Waals surface area contributed by atoms with Gasteiger partial charge in [0.1, 0.15) is 12.4 Å². The minimum absolute atomic E-state index is 0.165. The summed E-state index contributed by atoms with van der Waals surface area (Å²) in [5.74, 6) is -2.26. The van der Waals surface area contributed by atoms with Crippen LogP contribution in [0, 0.1) is 17.5 Å². The second-order valence-corrected chi connectivity index (χ2v) is 9.03. The number of nitrogens with zero attached hydrogens (tertiary/aromatic N) is 4. The maximum atomic E-state index is 14.0. The molecule has 184 valence electrons. The Morgan fingerprint density at radius 3 is 2.66 bits per heavy atom. The Hall–Kier alpha value is -3.49. The highest BCUT2D eigenvalue weighted by Crippen LogP contribution is 2.36. The number of likely N-dealkylation sites (N-methyl/N-ethyl adjacent to an activating group) is 1. The highest BCUT2D eigenvalue weighted by Gasteiger charge is 2.32. The number of piperidine rings is 1. The summed E-state index contributed by atoms with van der Waals surface area (Å²) in [6.45, 7) is 1.74. The van der Waals surface area contributed by atoms with Crippen molar-refractivity contribution >= 4 is 18.1 Å². The van der Waals surface area contributed by atoms with Gasteiger partial charge in [-0.2, -0.15) is 5.10 Å². The number of hydrogen-bond donors (Lipinski definition) is 0. The van der Waals surface area contributed by atoms with Crippen LogP contribution in [0.3, 0.4) is 0 Å². The van der Waals surface area contributed by atoms with Crippen molar-refractivity contribution < 1.29 is 22.7 Å². The van der Waals surface area contributed by atoms with Crippen LogP contribution in [0.4, 0.5) is 13.2 Å². The third-order valence-electron chi connectivity index (χ3n) is 6.71. The Bertz CT molecular complexity index is 1190. The molecular weight excluding hydrogens is 457 g/mol. The Morgan fingerprint density at radius 2 is 1.94 bits per heavy atom. The molecule has 9 heteroatoms. The molecule has 2 aromatic rings. The maximum Gasteiger partial charge on any atom is 0.194 e. The van der Waals surface area contributed by atoms with E-state index in [0.717, 1.165) is 54.0 Å². The second kappa shape index (κ2) is 9.64. The summed E-state index contributed by atoms with van der Waals surface area (Å²) in [6, 6.07) is 7.85. The minimum Gasteiger partial charge on any atom is -0.496 e.